The van der Waals surface area contributed by atoms with Gasteiger partial charge in [0.25, 0.3) is 5.92 Å². The summed E-state index contributed by atoms with van der Waals surface area (Å²) in [5.41, 5.74) is 0. The van der Waals surface area contributed by atoms with E-state index in [1.807, 2.05) is 0 Å². The zero-order valence-corrected chi connectivity index (χ0v) is 7.23. The zero-order valence-electron chi connectivity index (χ0n) is 7.23. The standard InChI is InChI=1S/C8H13F2NO/c1-8(9,10)7(11-2)6-4-3-5-12-6/h4,7,11H,3,5H2,1-2H3. The molecule has 0 saturated heterocycles. The summed E-state index contributed by atoms with van der Waals surface area (Å²) in [6, 6.07) is -0.986. The summed E-state index contributed by atoms with van der Waals surface area (Å²) in [6.07, 6.45) is 2.43. The van der Waals surface area contributed by atoms with Crippen LogP contribution >= 0.6 is 0 Å². The van der Waals surface area contributed by atoms with E-state index in [0.29, 0.717) is 12.4 Å². The Hall–Kier alpha value is -0.640. The number of likely N-dealkylation sites (N-methyl/N-ethyl adjacent to an activating group) is 1. The Kier molecular flexibility index (Phi) is 2.67. The molecule has 0 aromatic carbocycles. The highest BCUT2D eigenvalue weighted by molar-refractivity contribution is 5.10. The second-order valence-corrected chi connectivity index (χ2v) is 2.92. The first-order chi connectivity index (χ1) is 5.55. The normalized spacial score (nSPS) is 20.2. The van der Waals surface area contributed by atoms with E-state index in [4.69, 9.17) is 4.74 Å². The summed E-state index contributed by atoms with van der Waals surface area (Å²) in [6.45, 7) is 1.40. The fourth-order valence-electron chi connectivity index (χ4n) is 1.28. The molecular weight excluding hydrogens is 164 g/mol. The number of ether oxygens (including phenoxy) is 1. The van der Waals surface area contributed by atoms with Crippen LogP contribution in [0.15, 0.2) is 11.8 Å². The van der Waals surface area contributed by atoms with Crippen LogP contribution in [0.3, 0.4) is 0 Å². The Morgan fingerprint density at radius 2 is 2.33 bits per heavy atom. The van der Waals surface area contributed by atoms with Crippen LogP contribution in [0.1, 0.15) is 13.3 Å². The molecule has 1 rings (SSSR count). The Labute approximate surface area is 70.6 Å². The second-order valence-electron chi connectivity index (χ2n) is 2.92. The lowest BCUT2D eigenvalue weighted by Gasteiger charge is -2.23. The van der Waals surface area contributed by atoms with Crippen molar-refractivity contribution in [2.24, 2.45) is 0 Å². The molecule has 1 aliphatic heterocycles. The summed E-state index contributed by atoms with van der Waals surface area (Å²) in [5.74, 6) is -2.41. The van der Waals surface area contributed by atoms with E-state index < -0.39 is 12.0 Å². The highest BCUT2D eigenvalue weighted by Crippen LogP contribution is 2.26. The molecule has 1 unspecified atom stereocenters. The molecule has 1 aliphatic rings. The molecule has 1 heterocycles. The van der Waals surface area contributed by atoms with Crippen molar-refractivity contribution in [3.8, 4) is 0 Å². The monoisotopic (exact) mass is 177 g/mol. The highest BCUT2D eigenvalue weighted by Gasteiger charge is 2.37. The highest BCUT2D eigenvalue weighted by atomic mass is 19.3. The molecule has 1 N–H and O–H groups in total. The van der Waals surface area contributed by atoms with Gasteiger partial charge in [-0.25, -0.2) is 8.78 Å². The molecule has 0 spiro atoms. The SMILES string of the molecule is CNC(C1=CCCO1)C(C)(F)F. The third-order valence-corrected chi connectivity index (χ3v) is 1.81. The maximum atomic E-state index is 12.9. The van der Waals surface area contributed by atoms with Gasteiger partial charge in [0.2, 0.25) is 0 Å². The Morgan fingerprint density at radius 1 is 1.67 bits per heavy atom. The van der Waals surface area contributed by atoms with Gasteiger partial charge in [0, 0.05) is 13.3 Å². The third kappa shape index (κ3) is 1.94. The van der Waals surface area contributed by atoms with Gasteiger partial charge in [0.1, 0.15) is 11.8 Å². The quantitative estimate of drug-likeness (QED) is 0.706. The molecule has 0 fully saturated rings. The van der Waals surface area contributed by atoms with Crippen molar-refractivity contribution < 1.29 is 13.5 Å². The number of halogens is 2. The molecule has 0 amide bonds. The Balaban J connectivity index is 2.68. The lowest BCUT2D eigenvalue weighted by atomic mass is 10.1. The van der Waals surface area contributed by atoms with Gasteiger partial charge in [-0.1, -0.05) is 0 Å². The molecule has 2 nitrogen and oxygen atoms in total. The van der Waals surface area contributed by atoms with E-state index in [1.165, 1.54) is 7.05 Å². The first-order valence-electron chi connectivity index (χ1n) is 3.93. The predicted molar refractivity (Wildman–Crippen MR) is 42.1 cm³/mol. The van der Waals surface area contributed by atoms with Gasteiger partial charge in [-0.3, -0.25) is 0 Å². The number of nitrogens with one attached hydrogen (secondary N) is 1. The van der Waals surface area contributed by atoms with Crippen molar-refractivity contribution in [1.29, 1.82) is 0 Å². The average Bonchev–Trinajstić information content (AvgIpc) is 2.38. The molecule has 0 bridgehead atoms. The van der Waals surface area contributed by atoms with Crippen LogP contribution in [0.25, 0.3) is 0 Å². The van der Waals surface area contributed by atoms with Gasteiger partial charge in [-0.2, -0.15) is 0 Å². The van der Waals surface area contributed by atoms with Crippen molar-refractivity contribution >= 4 is 0 Å². The van der Waals surface area contributed by atoms with Crippen molar-refractivity contribution in [3.63, 3.8) is 0 Å². The average molecular weight is 177 g/mol. The number of rotatable bonds is 3. The molecule has 70 valence electrons. The maximum Gasteiger partial charge on any atom is 0.267 e. The minimum absolute atomic E-state index is 0.366. The molecule has 1 atom stereocenters. The van der Waals surface area contributed by atoms with Gasteiger partial charge in [-0.05, 0) is 13.1 Å². The van der Waals surface area contributed by atoms with Crippen LogP contribution in [0.2, 0.25) is 0 Å². The van der Waals surface area contributed by atoms with E-state index in [1.54, 1.807) is 6.08 Å². The zero-order chi connectivity index (χ0) is 9.19. The lowest BCUT2D eigenvalue weighted by molar-refractivity contribution is -0.0197. The van der Waals surface area contributed by atoms with E-state index in [9.17, 15) is 8.78 Å². The fraction of sp³-hybridized carbons (Fsp3) is 0.750. The molecule has 0 aliphatic carbocycles. The predicted octanol–water partition coefficient (Wildman–Crippen LogP) is 1.53. The molecule has 0 saturated carbocycles. The molecule has 0 aromatic heterocycles. The number of alkyl halides is 2. The molecule has 12 heavy (non-hydrogen) atoms. The lowest BCUT2D eigenvalue weighted by Crippen LogP contribution is -2.42. The summed E-state index contributed by atoms with van der Waals surface area (Å²) in [7, 11) is 1.50. The summed E-state index contributed by atoms with van der Waals surface area (Å²) >= 11 is 0. The van der Waals surface area contributed by atoms with E-state index in [0.717, 1.165) is 13.3 Å². The fourth-order valence-corrected chi connectivity index (χ4v) is 1.28. The summed E-state index contributed by atoms with van der Waals surface area (Å²) in [4.78, 5) is 0. The van der Waals surface area contributed by atoms with Crippen molar-refractivity contribution in [2.45, 2.75) is 25.3 Å². The smallest absolute Gasteiger partial charge is 0.267 e. The molecule has 0 radical (unpaired) electrons. The van der Waals surface area contributed by atoms with E-state index in [2.05, 4.69) is 5.32 Å². The van der Waals surface area contributed by atoms with Gasteiger partial charge >= 0.3 is 0 Å². The largest absolute Gasteiger partial charge is 0.496 e. The van der Waals surface area contributed by atoms with Crippen LogP contribution in [0.5, 0.6) is 0 Å². The minimum atomic E-state index is -2.77. The van der Waals surface area contributed by atoms with Crippen molar-refractivity contribution in [1.82, 2.24) is 5.32 Å². The summed E-state index contributed by atoms with van der Waals surface area (Å²) < 4.78 is 30.8. The molecule has 4 heteroatoms. The van der Waals surface area contributed by atoms with Crippen LogP contribution in [0, 0.1) is 0 Å². The van der Waals surface area contributed by atoms with E-state index >= 15 is 0 Å². The maximum absolute atomic E-state index is 12.9. The van der Waals surface area contributed by atoms with Crippen molar-refractivity contribution in [2.75, 3.05) is 13.7 Å². The van der Waals surface area contributed by atoms with Crippen LogP contribution in [0.4, 0.5) is 8.78 Å². The topological polar surface area (TPSA) is 21.3 Å². The Bertz CT molecular complexity index is 186. The second kappa shape index (κ2) is 3.39. The van der Waals surface area contributed by atoms with E-state index in [-0.39, 0.29) is 0 Å². The van der Waals surface area contributed by atoms with Gasteiger partial charge in [0.15, 0.2) is 0 Å². The van der Waals surface area contributed by atoms with Crippen LogP contribution in [-0.2, 0) is 4.74 Å². The Morgan fingerprint density at radius 3 is 2.67 bits per heavy atom. The summed E-state index contributed by atoms with van der Waals surface area (Å²) in [5, 5.41) is 2.54. The van der Waals surface area contributed by atoms with Crippen LogP contribution < -0.4 is 5.32 Å². The minimum Gasteiger partial charge on any atom is -0.496 e. The third-order valence-electron chi connectivity index (χ3n) is 1.81. The van der Waals surface area contributed by atoms with Gasteiger partial charge in [0.05, 0.1) is 6.61 Å². The van der Waals surface area contributed by atoms with Gasteiger partial charge < -0.3 is 10.1 Å². The van der Waals surface area contributed by atoms with Crippen LogP contribution in [-0.4, -0.2) is 25.6 Å². The molecular formula is C8H13F2NO. The van der Waals surface area contributed by atoms with Gasteiger partial charge in [-0.15, -0.1) is 0 Å². The first kappa shape index (κ1) is 9.45. The number of hydrogen-bond donors (Lipinski definition) is 1. The number of hydrogen-bond acceptors (Lipinski definition) is 2. The first-order valence-corrected chi connectivity index (χ1v) is 3.93. The van der Waals surface area contributed by atoms with Crippen molar-refractivity contribution in [3.05, 3.63) is 11.8 Å². The molecule has 0 aromatic rings.